The van der Waals surface area contributed by atoms with Crippen molar-refractivity contribution >= 4 is 34.1 Å². The predicted octanol–water partition coefficient (Wildman–Crippen LogP) is 1.47. The summed E-state index contributed by atoms with van der Waals surface area (Å²) in [6.45, 7) is 0.0964. The molecule has 0 radical (unpaired) electrons. The molecule has 2 heterocycles. The molecule has 3 aromatic rings. The van der Waals surface area contributed by atoms with Crippen LogP contribution in [0.3, 0.4) is 0 Å². The van der Waals surface area contributed by atoms with Crippen LogP contribution in [0.25, 0.3) is 16.6 Å². The molecular weight excluding hydrogens is 296 g/mol. The first-order valence-corrected chi connectivity index (χ1v) is 6.67. The molecule has 0 amide bonds. The molecule has 7 nitrogen and oxygen atoms in total. The summed E-state index contributed by atoms with van der Waals surface area (Å²) in [5, 5.41) is 21.3. The van der Waals surface area contributed by atoms with E-state index in [-0.39, 0.29) is 24.4 Å². The molecular formula is C13H11ClN4O3. The van der Waals surface area contributed by atoms with E-state index in [0.29, 0.717) is 17.0 Å². The lowest BCUT2D eigenvalue weighted by molar-refractivity contribution is 0.0484. The van der Waals surface area contributed by atoms with Gasteiger partial charge in [-0.05, 0) is 22.6 Å². The fourth-order valence-electron chi connectivity index (χ4n) is 2.06. The molecule has 0 atom stereocenters. The van der Waals surface area contributed by atoms with Gasteiger partial charge < -0.3 is 9.84 Å². The number of pyridine rings is 1. The summed E-state index contributed by atoms with van der Waals surface area (Å²) in [7, 11) is 0. The zero-order valence-corrected chi connectivity index (χ0v) is 11.6. The van der Waals surface area contributed by atoms with E-state index in [1.54, 1.807) is 18.2 Å². The number of para-hydroxylation sites is 1. The third-order valence-corrected chi connectivity index (χ3v) is 3.30. The molecule has 0 aliphatic carbocycles. The third kappa shape index (κ3) is 2.41. The second-order valence-corrected chi connectivity index (χ2v) is 4.77. The van der Waals surface area contributed by atoms with Crippen LogP contribution < -0.4 is 0 Å². The van der Waals surface area contributed by atoms with Gasteiger partial charge in [0.05, 0.1) is 17.1 Å². The second kappa shape index (κ2) is 5.63. The minimum absolute atomic E-state index is 0.0392. The summed E-state index contributed by atoms with van der Waals surface area (Å²) < 4.78 is 6.50. The van der Waals surface area contributed by atoms with Crippen molar-refractivity contribution in [2.75, 3.05) is 13.2 Å². The van der Waals surface area contributed by atoms with Gasteiger partial charge in [-0.1, -0.05) is 23.7 Å². The van der Waals surface area contributed by atoms with E-state index in [2.05, 4.69) is 15.5 Å². The monoisotopic (exact) mass is 306 g/mol. The van der Waals surface area contributed by atoms with Crippen LogP contribution in [0, 0.1) is 0 Å². The number of carbonyl (C=O) groups is 1. The number of halogens is 1. The van der Waals surface area contributed by atoms with E-state index < -0.39 is 5.97 Å². The average molecular weight is 307 g/mol. The predicted molar refractivity (Wildman–Crippen MR) is 75.3 cm³/mol. The number of rotatable bonds is 4. The van der Waals surface area contributed by atoms with Crippen molar-refractivity contribution in [1.82, 2.24) is 20.0 Å². The number of aliphatic hydroxyl groups is 1. The van der Waals surface area contributed by atoms with Gasteiger partial charge >= 0.3 is 5.97 Å². The van der Waals surface area contributed by atoms with Crippen molar-refractivity contribution in [1.29, 1.82) is 0 Å². The Balaban J connectivity index is 2.13. The summed E-state index contributed by atoms with van der Waals surface area (Å²) in [4.78, 5) is 12.1. The standard InChI is InChI=1S/C13H11ClN4O3/c14-10-4-1-3-8-7-9(13(20)21-6-2-5-19)12-15-16-17-18(12)11(8)10/h1,3-4,7,19H,2,5-6H2. The van der Waals surface area contributed by atoms with E-state index in [9.17, 15) is 4.79 Å². The number of benzene rings is 1. The molecule has 21 heavy (non-hydrogen) atoms. The number of aromatic nitrogens is 4. The van der Waals surface area contributed by atoms with Crippen LogP contribution in [-0.4, -0.2) is 44.3 Å². The molecule has 0 aliphatic heterocycles. The smallest absolute Gasteiger partial charge is 0.342 e. The van der Waals surface area contributed by atoms with Gasteiger partial charge in [0.15, 0.2) is 5.65 Å². The number of fused-ring (bicyclic) bond motifs is 3. The number of hydrogen-bond acceptors (Lipinski definition) is 6. The minimum Gasteiger partial charge on any atom is -0.462 e. The molecule has 3 rings (SSSR count). The van der Waals surface area contributed by atoms with Gasteiger partial charge in [-0.15, -0.1) is 5.10 Å². The average Bonchev–Trinajstić information content (AvgIpc) is 2.95. The van der Waals surface area contributed by atoms with Crippen LogP contribution in [0.15, 0.2) is 24.3 Å². The summed E-state index contributed by atoms with van der Waals surface area (Å²) in [5.74, 6) is -0.537. The maximum atomic E-state index is 12.1. The van der Waals surface area contributed by atoms with Crippen LogP contribution in [0.4, 0.5) is 0 Å². The lowest BCUT2D eigenvalue weighted by atomic mass is 10.1. The number of aliphatic hydroxyl groups excluding tert-OH is 1. The molecule has 0 fully saturated rings. The molecule has 0 spiro atoms. The highest BCUT2D eigenvalue weighted by Crippen LogP contribution is 2.25. The van der Waals surface area contributed by atoms with Gasteiger partial charge in [0.2, 0.25) is 0 Å². The van der Waals surface area contributed by atoms with Gasteiger partial charge in [-0.2, -0.15) is 4.52 Å². The number of carbonyl (C=O) groups excluding carboxylic acids is 1. The number of tetrazole rings is 1. The molecule has 8 heteroatoms. The van der Waals surface area contributed by atoms with Crippen molar-refractivity contribution in [3.8, 4) is 0 Å². The van der Waals surface area contributed by atoms with Crippen molar-refractivity contribution in [3.63, 3.8) is 0 Å². The maximum absolute atomic E-state index is 12.1. The molecule has 0 unspecified atom stereocenters. The zero-order chi connectivity index (χ0) is 14.8. The Morgan fingerprint density at radius 3 is 3.10 bits per heavy atom. The molecule has 0 aliphatic rings. The molecule has 1 N–H and O–H groups in total. The molecule has 1 aromatic carbocycles. The van der Waals surface area contributed by atoms with E-state index >= 15 is 0 Å². The van der Waals surface area contributed by atoms with Gasteiger partial charge in [0.25, 0.3) is 0 Å². The summed E-state index contributed by atoms with van der Waals surface area (Å²) in [6.07, 6.45) is 0.381. The number of esters is 1. The Morgan fingerprint density at radius 2 is 2.29 bits per heavy atom. The van der Waals surface area contributed by atoms with E-state index in [1.807, 2.05) is 6.07 Å². The van der Waals surface area contributed by atoms with Gasteiger partial charge in [0.1, 0.15) is 5.56 Å². The highest BCUT2D eigenvalue weighted by molar-refractivity contribution is 6.35. The Kier molecular flexibility index (Phi) is 3.68. The third-order valence-electron chi connectivity index (χ3n) is 3.00. The van der Waals surface area contributed by atoms with Crippen molar-refractivity contribution in [2.24, 2.45) is 0 Å². The first-order chi connectivity index (χ1) is 10.2. The fraction of sp³-hybridized carbons (Fsp3) is 0.231. The molecule has 2 aromatic heterocycles. The molecule has 0 saturated carbocycles. The quantitative estimate of drug-likeness (QED) is 0.580. The van der Waals surface area contributed by atoms with Crippen molar-refractivity contribution in [2.45, 2.75) is 6.42 Å². The number of hydrogen-bond donors (Lipinski definition) is 1. The molecule has 0 saturated heterocycles. The summed E-state index contributed by atoms with van der Waals surface area (Å²) in [6, 6.07) is 6.97. The molecule has 0 bridgehead atoms. The Labute approximate surface area is 124 Å². The van der Waals surface area contributed by atoms with Crippen LogP contribution in [0.2, 0.25) is 5.02 Å². The van der Waals surface area contributed by atoms with Crippen molar-refractivity contribution in [3.05, 3.63) is 34.9 Å². The Hall–Kier alpha value is -2.25. The Bertz CT molecular complexity index is 818. The van der Waals surface area contributed by atoms with E-state index in [0.717, 1.165) is 5.39 Å². The van der Waals surface area contributed by atoms with Crippen LogP contribution in [0.5, 0.6) is 0 Å². The fourth-order valence-corrected chi connectivity index (χ4v) is 2.32. The number of ether oxygens (including phenoxy) is 1. The number of nitrogens with zero attached hydrogens (tertiary/aromatic N) is 4. The van der Waals surface area contributed by atoms with Gasteiger partial charge in [-0.25, -0.2) is 4.79 Å². The largest absolute Gasteiger partial charge is 0.462 e. The zero-order valence-electron chi connectivity index (χ0n) is 10.9. The van der Waals surface area contributed by atoms with Gasteiger partial charge in [0, 0.05) is 18.4 Å². The SMILES string of the molecule is O=C(OCCCO)c1cc2cccc(Cl)c2n2nnnc12. The normalized spacial score (nSPS) is 11.1. The molecule has 108 valence electrons. The summed E-state index contributed by atoms with van der Waals surface area (Å²) in [5.41, 5.74) is 1.17. The van der Waals surface area contributed by atoms with Crippen molar-refractivity contribution < 1.29 is 14.6 Å². The van der Waals surface area contributed by atoms with Crippen LogP contribution >= 0.6 is 11.6 Å². The van der Waals surface area contributed by atoms with Crippen LogP contribution in [-0.2, 0) is 4.74 Å². The first kappa shape index (κ1) is 13.7. The van der Waals surface area contributed by atoms with E-state index in [4.69, 9.17) is 21.4 Å². The highest BCUT2D eigenvalue weighted by Gasteiger charge is 2.18. The van der Waals surface area contributed by atoms with Gasteiger partial charge in [-0.3, -0.25) is 0 Å². The first-order valence-electron chi connectivity index (χ1n) is 6.29. The highest BCUT2D eigenvalue weighted by atomic mass is 35.5. The maximum Gasteiger partial charge on any atom is 0.342 e. The minimum atomic E-state index is -0.537. The lowest BCUT2D eigenvalue weighted by Crippen LogP contribution is -2.10. The van der Waals surface area contributed by atoms with Crippen LogP contribution in [0.1, 0.15) is 16.8 Å². The van der Waals surface area contributed by atoms with E-state index in [1.165, 1.54) is 4.52 Å². The summed E-state index contributed by atoms with van der Waals surface area (Å²) >= 11 is 6.17. The lowest BCUT2D eigenvalue weighted by Gasteiger charge is -2.07. The topological polar surface area (TPSA) is 89.6 Å². The Morgan fingerprint density at radius 1 is 1.43 bits per heavy atom. The second-order valence-electron chi connectivity index (χ2n) is 4.36.